The number of halogens is 1. The Bertz CT molecular complexity index is 147. The Morgan fingerprint density at radius 3 is 2.93 bits per heavy atom. The maximum absolute atomic E-state index is 5.75. The first-order chi connectivity index (χ1) is 7.33. The van der Waals surface area contributed by atoms with Gasteiger partial charge in [0.2, 0.25) is 0 Å². The van der Waals surface area contributed by atoms with Crippen LogP contribution in [0.4, 0.5) is 0 Å². The molecule has 0 spiro atoms. The van der Waals surface area contributed by atoms with Crippen molar-refractivity contribution in [1.82, 2.24) is 0 Å². The molecule has 1 saturated heterocycles. The molecule has 0 amide bonds. The molecule has 0 N–H and O–H groups in total. The topological polar surface area (TPSA) is 18.5 Å². The first-order valence-electron chi connectivity index (χ1n) is 6.12. The van der Waals surface area contributed by atoms with Crippen molar-refractivity contribution >= 4 is 22.6 Å². The minimum atomic E-state index is 0.0887. The van der Waals surface area contributed by atoms with Gasteiger partial charge in [0.1, 0.15) is 0 Å². The van der Waals surface area contributed by atoms with Crippen molar-refractivity contribution in [3.05, 3.63) is 0 Å². The quantitative estimate of drug-likeness (QED) is 0.403. The van der Waals surface area contributed by atoms with Gasteiger partial charge in [-0.3, -0.25) is 0 Å². The van der Waals surface area contributed by atoms with Crippen LogP contribution < -0.4 is 0 Å². The molecule has 3 heteroatoms. The second-order valence-corrected chi connectivity index (χ2v) is 5.50. The summed E-state index contributed by atoms with van der Waals surface area (Å²) in [5.41, 5.74) is 0. The molecule has 15 heavy (non-hydrogen) atoms. The summed E-state index contributed by atoms with van der Waals surface area (Å²) in [5.74, 6) is 0.679. The van der Waals surface area contributed by atoms with E-state index in [0.717, 1.165) is 19.6 Å². The van der Waals surface area contributed by atoms with E-state index < -0.39 is 0 Å². The van der Waals surface area contributed by atoms with E-state index in [4.69, 9.17) is 9.47 Å². The van der Waals surface area contributed by atoms with Crippen LogP contribution in [0.3, 0.4) is 0 Å². The Morgan fingerprint density at radius 2 is 2.27 bits per heavy atom. The summed E-state index contributed by atoms with van der Waals surface area (Å²) in [6.45, 7) is 4.02. The van der Waals surface area contributed by atoms with Gasteiger partial charge in [-0.2, -0.15) is 0 Å². The highest BCUT2D eigenvalue weighted by Gasteiger charge is 2.14. The van der Waals surface area contributed by atoms with Gasteiger partial charge in [-0.1, -0.05) is 35.9 Å². The van der Waals surface area contributed by atoms with Gasteiger partial charge in [-0.15, -0.1) is 0 Å². The SMILES string of the molecule is C[C@@H](CCCCI)COC1CCCCO1. The summed E-state index contributed by atoms with van der Waals surface area (Å²) in [6.07, 6.45) is 7.59. The molecule has 1 rings (SSSR count). The van der Waals surface area contributed by atoms with Gasteiger partial charge in [0, 0.05) is 6.61 Å². The third-order valence-electron chi connectivity index (χ3n) is 2.79. The van der Waals surface area contributed by atoms with E-state index in [2.05, 4.69) is 29.5 Å². The summed E-state index contributed by atoms with van der Waals surface area (Å²) in [7, 11) is 0. The van der Waals surface area contributed by atoms with Gasteiger partial charge in [-0.25, -0.2) is 0 Å². The average Bonchev–Trinajstić information content (AvgIpc) is 2.28. The average molecular weight is 326 g/mol. The molecule has 1 aliphatic rings. The van der Waals surface area contributed by atoms with Crippen LogP contribution in [0.25, 0.3) is 0 Å². The molecule has 1 heterocycles. The smallest absolute Gasteiger partial charge is 0.157 e. The van der Waals surface area contributed by atoms with Crippen molar-refractivity contribution in [3.63, 3.8) is 0 Å². The second kappa shape index (κ2) is 8.76. The minimum absolute atomic E-state index is 0.0887. The van der Waals surface area contributed by atoms with E-state index in [1.807, 2.05) is 0 Å². The highest BCUT2D eigenvalue weighted by atomic mass is 127. The van der Waals surface area contributed by atoms with Gasteiger partial charge >= 0.3 is 0 Å². The zero-order chi connectivity index (χ0) is 10.9. The highest BCUT2D eigenvalue weighted by molar-refractivity contribution is 14.1. The van der Waals surface area contributed by atoms with Crippen molar-refractivity contribution in [2.24, 2.45) is 5.92 Å². The molecule has 0 radical (unpaired) electrons. The van der Waals surface area contributed by atoms with Crippen LogP contribution in [-0.4, -0.2) is 23.9 Å². The summed E-state index contributed by atoms with van der Waals surface area (Å²) >= 11 is 2.44. The van der Waals surface area contributed by atoms with Crippen LogP contribution in [-0.2, 0) is 9.47 Å². The normalized spacial score (nSPS) is 24.0. The molecule has 0 aromatic rings. The van der Waals surface area contributed by atoms with E-state index >= 15 is 0 Å². The highest BCUT2D eigenvalue weighted by Crippen LogP contribution is 2.16. The van der Waals surface area contributed by atoms with Crippen molar-refractivity contribution in [3.8, 4) is 0 Å². The zero-order valence-electron chi connectivity index (χ0n) is 9.71. The van der Waals surface area contributed by atoms with Crippen molar-refractivity contribution in [2.45, 2.75) is 51.7 Å². The third-order valence-corrected chi connectivity index (χ3v) is 3.55. The number of rotatable bonds is 7. The van der Waals surface area contributed by atoms with Gasteiger partial charge in [-0.05, 0) is 42.4 Å². The fourth-order valence-electron chi connectivity index (χ4n) is 1.78. The standard InChI is InChI=1S/C12H23IO2/c1-11(6-2-4-8-13)10-15-12-7-3-5-9-14-12/h11-12H,2-10H2,1H3/t11-,12?/m0/s1. The molecule has 1 aliphatic heterocycles. The predicted molar refractivity (Wildman–Crippen MR) is 71.4 cm³/mol. The number of alkyl halides is 1. The third kappa shape index (κ3) is 6.74. The lowest BCUT2D eigenvalue weighted by molar-refractivity contribution is -0.168. The summed E-state index contributed by atoms with van der Waals surface area (Å²) in [6, 6.07) is 0. The maximum Gasteiger partial charge on any atom is 0.157 e. The predicted octanol–water partition coefficient (Wildman–Crippen LogP) is 3.77. The Morgan fingerprint density at radius 1 is 1.40 bits per heavy atom. The largest absolute Gasteiger partial charge is 0.353 e. The van der Waals surface area contributed by atoms with Crippen LogP contribution in [0, 0.1) is 5.92 Å². The molecule has 2 nitrogen and oxygen atoms in total. The molecule has 1 unspecified atom stereocenters. The number of hydrogen-bond acceptors (Lipinski definition) is 2. The molecular formula is C12H23IO2. The molecule has 1 fully saturated rings. The van der Waals surface area contributed by atoms with Crippen LogP contribution in [0.15, 0.2) is 0 Å². The summed E-state index contributed by atoms with van der Waals surface area (Å²) < 4.78 is 12.6. The fraction of sp³-hybridized carbons (Fsp3) is 1.00. The molecule has 0 aromatic heterocycles. The molecule has 0 aromatic carbocycles. The van der Waals surface area contributed by atoms with Crippen LogP contribution >= 0.6 is 22.6 Å². The van der Waals surface area contributed by atoms with Crippen LogP contribution in [0.2, 0.25) is 0 Å². The van der Waals surface area contributed by atoms with Gasteiger partial charge < -0.3 is 9.47 Å². The molecule has 0 bridgehead atoms. The van der Waals surface area contributed by atoms with Crippen LogP contribution in [0.5, 0.6) is 0 Å². The lowest BCUT2D eigenvalue weighted by atomic mass is 10.1. The van der Waals surface area contributed by atoms with E-state index in [9.17, 15) is 0 Å². The Balaban J connectivity index is 1.97. The Labute approximate surface area is 107 Å². The first kappa shape index (κ1) is 13.7. The van der Waals surface area contributed by atoms with Gasteiger partial charge in [0.25, 0.3) is 0 Å². The van der Waals surface area contributed by atoms with Crippen molar-refractivity contribution < 1.29 is 9.47 Å². The fourth-order valence-corrected chi connectivity index (χ4v) is 2.32. The Hall–Kier alpha value is 0.650. The first-order valence-corrected chi connectivity index (χ1v) is 7.64. The molecular weight excluding hydrogens is 303 g/mol. The summed E-state index contributed by atoms with van der Waals surface area (Å²) in [4.78, 5) is 0. The van der Waals surface area contributed by atoms with E-state index in [1.54, 1.807) is 0 Å². The van der Waals surface area contributed by atoms with E-state index in [1.165, 1.54) is 36.5 Å². The second-order valence-electron chi connectivity index (χ2n) is 4.42. The lowest BCUT2D eigenvalue weighted by Crippen LogP contribution is -2.24. The molecule has 0 saturated carbocycles. The minimum Gasteiger partial charge on any atom is -0.353 e. The Kier molecular flexibility index (Phi) is 8.01. The zero-order valence-corrected chi connectivity index (χ0v) is 11.9. The molecule has 90 valence electrons. The maximum atomic E-state index is 5.75. The monoisotopic (exact) mass is 326 g/mol. The molecule has 2 atom stereocenters. The van der Waals surface area contributed by atoms with E-state index in [0.29, 0.717) is 5.92 Å². The molecule has 0 aliphatic carbocycles. The lowest BCUT2D eigenvalue weighted by Gasteiger charge is -2.24. The number of ether oxygens (including phenoxy) is 2. The number of hydrogen-bond donors (Lipinski definition) is 0. The van der Waals surface area contributed by atoms with E-state index in [-0.39, 0.29) is 6.29 Å². The van der Waals surface area contributed by atoms with Crippen molar-refractivity contribution in [1.29, 1.82) is 0 Å². The summed E-state index contributed by atoms with van der Waals surface area (Å²) in [5, 5.41) is 0. The van der Waals surface area contributed by atoms with Gasteiger partial charge in [0.05, 0.1) is 6.61 Å². The van der Waals surface area contributed by atoms with Gasteiger partial charge in [0.15, 0.2) is 6.29 Å². The van der Waals surface area contributed by atoms with Crippen molar-refractivity contribution in [2.75, 3.05) is 17.6 Å². The van der Waals surface area contributed by atoms with Crippen LogP contribution in [0.1, 0.15) is 45.4 Å². The number of unbranched alkanes of at least 4 members (excludes halogenated alkanes) is 1.